The van der Waals surface area contributed by atoms with Crippen molar-refractivity contribution in [1.82, 2.24) is 15.0 Å². The fourth-order valence-corrected chi connectivity index (χ4v) is 3.94. The van der Waals surface area contributed by atoms with Crippen LogP contribution in [0.4, 0.5) is 4.39 Å². The van der Waals surface area contributed by atoms with Gasteiger partial charge >= 0.3 is 0 Å². The van der Waals surface area contributed by atoms with Crippen molar-refractivity contribution in [2.45, 2.75) is 12.5 Å². The predicted molar refractivity (Wildman–Crippen MR) is 119 cm³/mol. The number of halogens is 1. The van der Waals surface area contributed by atoms with Gasteiger partial charge in [-0.25, -0.2) is 9.40 Å². The van der Waals surface area contributed by atoms with Crippen LogP contribution >= 0.6 is 0 Å². The second-order valence-corrected chi connectivity index (χ2v) is 7.43. The summed E-state index contributed by atoms with van der Waals surface area (Å²) in [5, 5.41) is 6.10. The summed E-state index contributed by atoms with van der Waals surface area (Å²) < 4.78 is 19.3. The number of nitrogens with zero attached hydrogens (tertiary/aromatic N) is 4. The molecule has 1 aliphatic rings. The highest BCUT2D eigenvalue weighted by molar-refractivity contribution is 6.06. The van der Waals surface area contributed by atoms with Crippen molar-refractivity contribution < 1.29 is 13.9 Å². The molecule has 3 aromatic carbocycles. The lowest BCUT2D eigenvalue weighted by Gasteiger charge is -2.22. The lowest BCUT2D eigenvalue weighted by atomic mass is 9.97. The number of carbonyl (C=O) groups is 1. The third-order valence-electron chi connectivity index (χ3n) is 5.49. The fraction of sp³-hybridized carbons (Fsp3) is 0.120. The lowest BCUT2D eigenvalue weighted by molar-refractivity contribution is 0.0710. The molecule has 1 aromatic heterocycles. The van der Waals surface area contributed by atoms with Gasteiger partial charge in [0.25, 0.3) is 5.91 Å². The molecule has 1 atom stereocenters. The maximum atomic E-state index is 13.8. The van der Waals surface area contributed by atoms with E-state index in [9.17, 15) is 9.18 Å². The van der Waals surface area contributed by atoms with Crippen LogP contribution in [0.25, 0.3) is 11.0 Å². The van der Waals surface area contributed by atoms with Crippen molar-refractivity contribution in [3.8, 4) is 5.75 Å². The summed E-state index contributed by atoms with van der Waals surface area (Å²) in [5.74, 6) is -0.172. The van der Waals surface area contributed by atoms with Gasteiger partial charge in [0.2, 0.25) is 0 Å². The quantitative estimate of drug-likeness (QED) is 0.472. The minimum absolute atomic E-state index is 0.237. The Hall–Kier alpha value is -4.13. The van der Waals surface area contributed by atoms with Gasteiger partial charge in [-0.3, -0.25) is 14.8 Å². The summed E-state index contributed by atoms with van der Waals surface area (Å²) in [7, 11) is 1.60. The molecule has 0 bridgehead atoms. The smallest absolute Gasteiger partial charge is 0.274 e. The van der Waals surface area contributed by atoms with E-state index in [2.05, 4.69) is 15.1 Å². The third kappa shape index (κ3) is 3.58. The van der Waals surface area contributed by atoms with Crippen LogP contribution in [-0.2, 0) is 0 Å². The molecule has 0 saturated heterocycles. The third-order valence-corrected chi connectivity index (χ3v) is 5.49. The number of hydrazone groups is 1. The summed E-state index contributed by atoms with van der Waals surface area (Å²) in [6.07, 6.45) is 3.75. The van der Waals surface area contributed by atoms with Crippen molar-refractivity contribution in [2.75, 3.05) is 7.11 Å². The van der Waals surface area contributed by atoms with E-state index >= 15 is 0 Å². The molecule has 1 unspecified atom stereocenters. The SMILES string of the molecule is COc1ccccc1C1=NN(C(=O)c2cccc(F)c2)C(c2ccc3nccnc3c2)C1. The zero-order valence-corrected chi connectivity index (χ0v) is 17.3. The van der Waals surface area contributed by atoms with Crippen molar-refractivity contribution in [2.24, 2.45) is 5.10 Å². The van der Waals surface area contributed by atoms with Gasteiger partial charge < -0.3 is 4.74 Å². The Bertz CT molecular complexity index is 1350. The summed E-state index contributed by atoms with van der Waals surface area (Å²) in [4.78, 5) is 22.1. The highest BCUT2D eigenvalue weighted by atomic mass is 19.1. The van der Waals surface area contributed by atoms with Crippen LogP contribution in [0.5, 0.6) is 5.75 Å². The maximum Gasteiger partial charge on any atom is 0.274 e. The van der Waals surface area contributed by atoms with Gasteiger partial charge in [0.15, 0.2) is 0 Å². The van der Waals surface area contributed by atoms with E-state index in [1.54, 1.807) is 25.6 Å². The Morgan fingerprint density at radius 1 is 1.00 bits per heavy atom. The molecule has 32 heavy (non-hydrogen) atoms. The van der Waals surface area contributed by atoms with Gasteiger partial charge in [0, 0.05) is 29.9 Å². The highest BCUT2D eigenvalue weighted by Crippen LogP contribution is 2.36. The van der Waals surface area contributed by atoms with Crippen LogP contribution in [0.1, 0.15) is 33.9 Å². The van der Waals surface area contributed by atoms with E-state index < -0.39 is 5.82 Å². The number of hydrogen-bond donors (Lipinski definition) is 0. The first-order valence-electron chi connectivity index (χ1n) is 10.1. The lowest BCUT2D eigenvalue weighted by Crippen LogP contribution is -2.27. The molecule has 6 nitrogen and oxygen atoms in total. The van der Waals surface area contributed by atoms with Crippen molar-refractivity contribution in [1.29, 1.82) is 0 Å². The fourth-order valence-electron chi connectivity index (χ4n) is 3.94. The molecule has 4 aromatic rings. The number of fused-ring (bicyclic) bond motifs is 1. The minimum Gasteiger partial charge on any atom is -0.496 e. The van der Waals surface area contributed by atoms with Crippen molar-refractivity contribution >= 4 is 22.7 Å². The molecule has 0 fully saturated rings. The largest absolute Gasteiger partial charge is 0.496 e. The van der Waals surface area contributed by atoms with Gasteiger partial charge in [-0.2, -0.15) is 5.10 Å². The van der Waals surface area contributed by atoms with Crippen molar-refractivity contribution in [3.05, 3.63) is 102 Å². The standard InChI is InChI=1S/C25H19FN4O2/c1-32-24-8-3-2-7-19(24)21-15-23(16-9-10-20-22(14-16)28-12-11-27-20)30(29-21)25(31)17-5-4-6-18(26)13-17/h2-14,23H,15H2,1H3. The molecule has 0 radical (unpaired) electrons. The van der Waals surface area contributed by atoms with E-state index in [-0.39, 0.29) is 17.5 Å². The van der Waals surface area contributed by atoms with Crippen LogP contribution in [0.15, 0.2) is 84.2 Å². The van der Waals surface area contributed by atoms with E-state index in [1.807, 2.05) is 42.5 Å². The first-order valence-corrected chi connectivity index (χ1v) is 10.1. The Kier molecular flexibility index (Phi) is 5.07. The van der Waals surface area contributed by atoms with E-state index in [1.165, 1.54) is 23.2 Å². The number of carbonyl (C=O) groups excluding carboxylic acids is 1. The summed E-state index contributed by atoms with van der Waals surface area (Å²) in [6.45, 7) is 0. The van der Waals surface area contributed by atoms with Gasteiger partial charge in [0.05, 0.1) is 29.9 Å². The molecule has 0 N–H and O–H groups in total. The molecule has 158 valence electrons. The molecule has 1 amide bonds. The minimum atomic E-state index is -0.471. The summed E-state index contributed by atoms with van der Waals surface area (Å²) >= 11 is 0. The average molecular weight is 426 g/mol. The Morgan fingerprint density at radius 2 is 1.81 bits per heavy atom. The number of ether oxygens (including phenoxy) is 1. The maximum absolute atomic E-state index is 13.8. The molecule has 0 aliphatic carbocycles. The summed E-state index contributed by atoms with van der Waals surface area (Å²) in [6, 6.07) is 18.5. The first kappa shape index (κ1) is 19.8. The summed E-state index contributed by atoms with van der Waals surface area (Å²) in [5.41, 5.74) is 4.14. The number of benzene rings is 3. The number of hydrogen-bond acceptors (Lipinski definition) is 5. The molecule has 1 aliphatic heterocycles. The molecule has 5 rings (SSSR count). The van der Waals surface area contributed by atoms with Crippen LogP contribution in [0, 0.1) is 5.82 Å². The number of aromatic nitrogens is 2. The zero-order chi connectivity index (χ0) is 22.1. The molecule has 2 heterocycles. The van der Waals surface area contributed by atoms with Crippen LogP contribution in [0.2, 0.25) is 0 Å². The van der Waals surface area contributed by atoms with Crippen LogP contribution in [0.3, 0.4) is 0 Å². The number of methoxy groups -OCH3 is 1. The van der Waals surface area contributed by atoms with Gasteiger partial charge in [-0.05, 0) is 48.0 Å². The number of amides is 1. The Morgan fingerprint density at radius 3 is 2.62 bits per heavy atom. The molecular formula is C25H19FN4O2. The first-order chi connectivity index (χ1) is 15.6. The van der Waals surface area contributed by atoms with Crippen LogP contribution < -0.4 is 4.74 Å². The number of para-hydroxylation sites is 1. The van der Waals surface area contributed by atoms with Gasteiger partial charge in [-0.1, -0.05) is 24.3 Å². The average Bonchev–Trinajstić information content (AvgIpc) is 3.28. The van der Waals surface area contributed by atoms with Crippen molar-refractivity contribution in [3.63, 3.8) is 0 Å². The van der Waals surface area contributed by atoms with E-state index in [0.29, 0.717) is 12.2 Å². The monoisotopic (exact) mass is 426 g/mol. The van der Waals surface area contributed by atoms with E-state index in [0.717, 1.165) is 27.9 Å². The van der Waals surface area contributed by atoms with Crippen LogP contribution in [-0.4, -0.2) is 33.7 Å². The second kappa shape index (κ2) is 8.19. The molecular weight excluding hydrogens is 407 g/mol. The highest BCUT2D eigenvalue weighted by Gasteiger charge is 2.34. The normalized spacial score (nSPS) is 15.6. The predicted octanol–water partition coefficient (Wildman–Crippen LogP) is 4.77. The Balaban J connectivity index is 1.60. The second-order valence-electron chi connectivity index (χ2n) is 7.43. The zero-order valence-electron chi connectivity index (χ0n) is 17.3. The van der Waals surface area contributed by atoms with E-state index in [4.69, 9.17) is 4.74 Å². The van der Waals surface area contributed by atoms with Gasteiger partial charge in [0.1, 0.15) is 11.6 Å². The topological polar surface area (TPSA) is 67.7 Å². The van der Waals surface area contributed by atoms with Gasteiger partial charge in [-0.15, -0.1) is 0 Å². The number of rotatable bonds is 4. The molecule has 0 spiro atoms. The molecule has 7 heteroatoms. The Labute approximate surface area is 184 Å². The molecule has 0 saturated carbocycles.